The predicted octanol–water partition coefficient (Wildman–Crippen LogP) is 3.08. The minimum Gasteiger partial charge on any atom is -0.349 e. The summed E-state index contributed by atoms with van der Waals surface area (Å²) in [7, 11) is 0. The highest BCUT2D eigenvalue weighted by Crippen LogP contribution is 2.30. The molecule has 6 heteroatoms. The van der Waals surface area contributed by atoms with Gasteiger partial charge in [0, 0.05) is 31.6 Å². The molecule has 0 aromatic heterocycles. The van der Waals surface area contributed by atoms with Crippen LogP contribution in [0.1, 0.15) is 36.6 Å². The Morgan fingerprint density at radius 3 is 2.59 bits per heavy atom. The van der Waals surface area contributed by atoms with E-state index in [4.69, 9.17) is 11.6 Å². The Bertz CT molecular complexity index is 797. The summed E-state index contributed by atoms with van der Waals surface area (Å²) >= 11 is 6.38. The van der Waals surface area contributed by atoms with E-state index in [0.717, 1.165) is 17.7 Å². The summed E-state index contributed by atoms with van der Waals surface area (Å²) in [5, 5.41) is 6.90. The van der Waals surface area contributed by atoms with Crippen molar-refractivity contribution in [3.05, 3.63) is 70.7 Å². The number of hydrogen-bond donors (Lipinski definition) is 2. The summed E-state index contributed by atoms with van der Waals surface area (Å²) in [4.78, 5) is 26.7. The maximum atomic E-state index is 13.2. The first-order chi connectivity index (χ1) is 13.1. The van der Waals surface area contributed by atoms with Crippen molar-refractivity contribution in [2.45, 2.75) is 25.4 Å². The predicted molar refractivity (Wildman–Crippen MR) is 106 cm³/mol. The highest BCUT2D eigenvalue weighted by molar-refractivity contribution is 6.31. The molecule has 0 aliphatic carbocycles. The Labute approximate surface area is 164 Å². The van der Waals surface area contributed by atoms with Gasteiger partial charge in [-0.15, -0.1) is 0 Å². The van der Waals surface area contributed by atoms with Crippen molar-refractivity contribution in [2.75, 3.05) is 19.6 Å². The molecule has 2 aromatic rings. The maximum Gasteiger partial charge on any atom is 0.225 e. The van der Waals surface area contributed by atoms with Crippen molar-refractivity contribution in [1.82, 2.24) is 15.5 Å². The molecule has 1 aliphatic rings. The average Bonchev–Trinajstić information content (AvgIpc) is 2.68. The molecule has 1 aliphatic heterocycles. The van der Waals surface area contributed by atoms with Gasteiger partial charge in [-0.2, -0.15) is 0 Å². The first kappa shape index (κ1) is 19.4. The van der Waals surface area contributed by atoms with E-state index in [1.54, 1.807) is 0 Å². The fourth-order valence-electron chi connectivity index (χ4n) is 3.50. The Morgan fingerprint density at radius 1 is 1.19 bits per heavy atom. The van der Waals surface area contributed by atoms with Crippen LogP contribution in [0.2, 0.25) is 5.02 Å². The number of carbonyl (C=O) groups is 2. The van der Waals surface area contributed by atoms with Crippen LogP contribution >= 0.6 is 11.6 Å². The molecule has 0 saturated carbocycles. The summed E-state index contributed by atoms with van der Waals surface area (Å²) in [6.07, 6.45) is 0.213. The minimum absolute atomic E-state index is 0.00372. The van der Waals surface area contributed by atoms with E-state index in [1.165, 1.54) is 6.92 Å². The van der Waals surface area contributed by atoms with Crippen molar-refractivity contribution in [2.24, 2.45) is 0 Å². The molecular formula is C21H24ClN3O2. The quantitative estimate of drug-likeness (QED) is 0.831. The number of carbonyl (C=O) groups excluding carboxylic acids is 2. The largest absolute Gasteiger partial charge is 0.349 e. The summed E-state index contributed by atoms with van der Waals surface area (Å²) in [5.41, 5.74) is 1.86. The summed E-state index contributed by atoms with van der Waals surface area (Å²) in [6, 6.07) is 16.7. The molecule has 0 bridgehead atoms. The third kappa shape index (κ3) is 4.87. The fourth-order valence-corrected chi connectivity index (χ4v) is 3.76. The van der Waals surface area contributed by atoms with Crippen molar-refractivity contribution in [1.29, 1.82) is 0 Å². The zero-order valence-electron chi connectivity index (χ0n) is 15.3. The molecule has 5 nitrogen and oxygen atoms in total. The van der Waals surface area contributed by atoms with Gasteiger partial charge in [-0.1, -0.05) is 60.1 Å². The molecule has 2 atom stereocenters. The van der Waals surface area contributed by atoms with Crippen molar-refractivity contribution in [3.63, 3.8) is 0 Å². The number of benzene rings is 2. The van der Waals surface area contributed by atoms with Crippen molar-refractivity contribution >= 4 is 23.4 Å². The zero-order valence-corrected chi connectivity index (χ0v) is 16.1. The lowest BCUT2D eigenvalue weighted by Gasteiger charge is -2.37. The third-order valence-electron chi connectivity index (χ3n) is 4.79. The first-order valence-electron chi connectivity index (χ1n) is 9.13. The maximum absolute atomic E-state index is 13.2. The second-order valence-electron chi connectivity index (χ2n) is 6.70. The van der Waals surface area contributed by atoms with Gasteiger partial charge in [0.25, 0.3) is 0 Å². The molecule has 3 rings (SSSR count). The van der Waals surface area contributed by atoms with E-state index in [-0.39, 0.29) is 30.3 Å². The van der Waals surface area contributed by atoms with Gasteiger partial charge in [-0.25, -0.2) is 0 Å². The van der Waals surface area contributed by atoms with Crippen molar-refractivity contribution in [3.8, 4) is 0 Å². The van der Waals surface area contributed by atoms with Gasteiger partial charge in [0.15, 0.2) is 0 Å². The number of nitrogens with zero attached hydrogens (tertiary/aromatic N) is 1. The number of hydrogen-bond acceptors (Lipinski definition) is 3. The van der Waals surface area contributed by atoms with Gasteiger partial charge in [0.2, 0.25) is 11.8 Å². The average molecular weight is 386 g/mol. The van der Waals surface area contributed by atoms with E-state index in [0.29, 0.717) is 18.1 Å². The van der Waals surface area contributed by atoms with Crippen LogP contribution in [0.4, 0.5) is 0 Å². The van der Waals surface area contributed by atoms with Gasteiger partial charge < -0.3 is 15.5 Å². The molecule has 0 spiro atoms. The number of piperazine rings is 1. The van der Waals surface area contributed by atoms with Gasteiger partial charge in [0.05, 0.1) is 18.5 Å². The number of nitrogens with one attached hydrogen (secondary N) is 2. The first-order valence-corrected chi connectivity index (χ1v) is 9.50. The highest BCUT2D eigenvalue weighted by atomic mass is 35.5. The Kier molecular flexibility index (Phi) is 6.48. The third-order valence-corrected chi connectivity index (χ3v) is 5.13. The number of rotatable bonds is 5. The van der Waals surface area contributed by atoms with E-state index >= 15 is 0 Å². The van der Waals surface area contributed by atoms with Crippen LogP contribution in [-0.4, -0.2) is 36.3 Å². The molecular weight excluding hydrogens is 362 g/mol. The van der Waals surface area contributed by atoms with Crippen LogP contribution in [0.5, 0.6) is 0 Å². The van der Waals surface area contributed by atoms with Crippen LogP contribution in [0.3, 0.4) is 0 Å². The van der Waals surface area contributed by atoms with E-state index in [2.05, 4.69) is 10.6 Å². The minimum atomic E-state index is -0.349. The molecule has 1 saturated heterocycles. The SMILES string of the molecule is CC(=O)NC(CC(=O)N1CCNCC1c1ccccc1Cl)c1ccccc1. The fraction of sp³-hybridized carbons (Fsp3) is 0.333. The van der Waals surface area contributed by atoms with Crippen LogP contribution < -0.4 is 10.6 Å². The van der Waals surface area contributed by atoms with Crippen LogP contribution in [0.15, 0.2) is 54.6 Å². The standard InChI is InChI=1S/C21H24ClN3O2/c1-15(26)24-19(16-7-3-2-4-8-16)13-21(27)25-12-11-23-14-20(25)17-9-5-6-10-18(17)22/h2-10,19-20,23H,11-14H2,1H3,(H,24,26). The van der Waals surface area contributed by atoms with Crippen LogP contribution in [-0.2, 0) is 9.59 Å². The molecule has 2 N–H and O–H groups in total. The number of halogens is 1. The molecule has 2 amide bonds. The van der Waals surface area contributed by atoms with Gasteiger partial charge >= 0.3 is 0 Å². The Morgan fingerprint density at radius 2 is 1.89 bits per heavy atom. The second-order valence-corrected chi connectivity index (χ2v) is 7.10. The second kappa shape index (κ2) is 9.02. The summed E-state index contributed by atoms with van der Waals surface area (Å²) in [6.45, 7) is 3.47. The molecule has 0 radical (unpaired) electrons. The van der Waals surface area contributed by atoms with Gasteiger partial charge in [-0.3, -0.25) is 9.59 Å². The molecule has 2 unspecified atom stereocenters. The zero-order chi connectivity index (χ0) is 19.2. The lowest BCUT2D eigenvalue weighted by atomic mass is 9.99. The molecule has 1 heterocycles. The lowest BCUT2D eigenvalue weighted by molar-refractivity contribution is -0.135. The normalized spacial score (nSPS) is 18.0. The van der Waals surface area contributed by atoms with Gasteiger partial charge in [-0.05, 0) is 17.2 Å². The Balaban J connectivity index is 1.81. The Hall–Kier alpha value is -2.37. The van der Waals surface area contributed by atoms with E-state index in [9.17, 15) is 9.59 Å². The lowest BCUT2D eigenvalue weighted by Crippen LogP contribution is -2.49. The summed E-state index contributed by atoms with van der Waals surface area (Å²) < 4.78 is 0. The smallest absolute Gasteiger partial charge is 0.225 e. The topological polar surface area (TPSA) is 61.4 Å². The molecule has 142 valence electrons. The molecule has 1 fully saturated rings. The van der Waals surface area contributed by atoms with E-state index in [1.807, 2.05) is 59.5 Å². The monoisotopic (exact) mass is 385 g/mol. The highest BCUT2D eigenvalue weighted by Gasteiger charge is 2.30. The van der Waals surface area contributed by atoms with Crippen LogP contribution in [0, 0.1) is 0 Å². The van der Waals surface area contributed by atoms with E-state index < -0.39 is 0 Å². The summed E-state index contributed by atoms with van der Waals surface area (Å²) in [5.74, 6) is -0.149. The van der Waals surface area contributed by atoms with Crippen LogP contribution in [0.25, 0.3) is 0 Å². The number of amides is 2. The molecule has 27 heavy (non-hydrogen) atoms. The molecule has 2 aromatic carbocycles. The van der Waals surface area contributed by atoms with Crippen molar-refractivity contribution < 1.29 is 9.59 Å². The van der Waals surface area contributed by atoms with Gasteiger partial charge in [0.1, 0.15) is 0 Å².